The first-order valence-corrected chi connectivity index (χ1v) is 13.1. The highest BCUT2D eigenvalue weighted by atomic mass is 35.5. The Labute approximate surface area is 238 Å². The molecular weight excluding hydrogens is 530 g/mol. The van der Waals surface area contributed by atoms with Crippen molar-refractivity contribution < 1.29 is 19.1 Å². The fourth-order valence-electron chi connectivity index (χ4n) is 4.44. The average molecular weight is 562 g/mol. The number of anilines is 4. The van der Waals surface area contributed by atoms with E-state index in [1.54, 1.807) is 54.3 Å². The van der Waals surface area contributed by atoms with Crippen LogP contribution in [0.25, 0.3) is 11.3 Å². The second-order valence-corrected chi connectivity index (χ2v) is 10.0. The molecule has 3 amide bonds. The van der Waals surface area contributed by atoms with Gasteiger partial charge in [-0.1, -0.05) is 29.8 Å². The largest absolute Gasteiger partial charge is 0.453 e. The molecule has 0 radical (unpaired) electrons. The molecule has 0 bridgehead atoms. The summed E-state index contributed by atoms with van der Waals surface area (Å²) in [5.41, 5.74) is 5.17. The minimum atomic E-state index is -0.577. The fourth-order valence-corrected chi connectivity index (χ4v) is 4.62. The Morgan fingerprint density at radius 1 is 0.925 bits per heavy atom. The number of rotatable bonds is 9. The lowest BCUT2D eigenvalue weighted by atomic mass is 9.99. The summed E-state index contributed by atoms with van der Waals surface area (Å²) in [5, 5.41) is 9.45. The first kappa shape index (κ1) is 28.7. The molecule has 0 saturated carbocycles. The molecule has 9 nitrogen and oxygen atoms in total. The molecule has 0 aliphatic carbocycles. The van der Waals surface area contributed by atoms with Gasteiger partial charge in [-0.25, -0.2) is 4.79 Å². The predicted octanol–water partition coefficient (Wildman–Crippen LogP) is 5.76. The molecule has 0 saturated heterocycles. The number of nitrogens with one attached hydrogen (secondary N) is 3. The van der Waals surface area contributed by atoms with Crippen molar-refractivity contribution in [1.82, 2.24) is 4.90 Å². The molecule has 40 heavy (non-hydrogen) atoms. The molecule has 0 aromatic heterocycles. The third kappa shape index (κ3) is 6.80. The lowest BCUT2D eigenvalue weighted by Crippen LogP contribution is -2.31. The maximum absolute atomic E-state index is 13.2. The highest BCUT2D eigenvalue weighted by Gasteiger charge is 2.28. The van der Waals surface area contributed by atoms with Crippen LogP contribution in [-0.2, 0) is 14.3 Å². The number of hydrogen-bond acceptors (Lipinski definition) is 6. The number of halogens is 1. The molecule has 10 heteroatoms. The van der Waals surface area contributed by atoms with Crippen LogP contribution < -0.4 is 20.9 Å². The number of ether oxygens (including phenoxy) is 1. The van der Waals surface area contributed by atoms with E-state index in [9.17, 15) is 14.4 Å². The van der Waals surface area contributed by atoms with E-state index in [0.29, 0.717) is 39.8 Å². The molecule has 0 atom stereocenters. The predicted molar refractivity (Wildman–Crippen MR) is 161 cm³/mol. The third-order valence-corrected chi connectivity index (χ3v) is 6.63. The van der Waals surface area contributed by atoms with E-state index in [-0.39, 0.29) is 11.8 Å². The highest BCUT2D eigenvalue weighted by Crippen LogP contribution is 2.39. The summed E-state index contributed by atoms with van der Waals surface area (Å²) in [5.74, 6) is -0.294. The van der Waals surface area contributed by atoms with Crippen LogP contribution in [0.2, 0.25) is 5.02 Å². The number of methoxy groups -OCH3 is 1. The van der Waals surface area contributed by atoms with E-state index >= 15 is 0 Å². The summed E-state index contributed by atoms with van der Waals surface area (Å²) in [4.78, 5) is 41.0. The number of fused-ring (bicyclic) bond motifs is 1. The number of carbonyl (C=O) groups is 3. The Hall–Kier alpha value is -4.34. The number of benzene rings is 3. The smallest absolute Gasteiger partial charge is 0.411 e. The molecule has 3 aromatic carbocycles. The second kappa shape index (κ2) is 12.7. The van der Waals surface area contributed by atoms with Gasteiger partial charge >= 0.3 is 6.09 Å². The zero-order valence-corrected chi connectivity index (χ0v) is 23.6. The SMILES string of the molecule is COC(=O)Nc1ccc(/C(Nc2ccc(N(CCCN(C)C)C(C)=O)cc2)=C2/C(=O)Nc3cc(Cl)ccc32)cc1. The zero-order valence-electron chi connectivity index (χ0n) is 22.9. The van der Waals surface area contributed by atoms with Gasteiger partial charge in [-0.05, 0) is 81.2 Å². The standard InChI is InChI=1S/C30H32ClN5O4/c1-19(37)36(17-5-16-35(2)3)24-13-11-22(12-14-24)32-28(20-6-9-23(10-7-20)33-30(39)40-4)27-25-15-8-21(31)18-26(25)34-29(27)38/h6-15,18,32H,5,16-17H2,1-4H3,(H,33,39)(H,34,38)/b28-27-. The molecule has 4 rings (SSSR count). The first-order chi connectivity index (χ1) is 19.2. The molecular formula is C30H32ClN5O4. The molecule has 0 unspecified atom stereocenters. The van der Waals surface area contributed by atoms with Gasteiger partial charge in [0.2, 0.25) is 5.91 Å². The Morgan fingerprint density at radius 3 is 2.20 bits per heavy atom. The molecule has 3 aromatic rings. The van der Waals surface area contributed by atoms with Gasteiger partial charge in [0.25, 0.3) is 5.91 Å². The number of carbonyl (C=O) groups excluding carboxylic acids is 3. The van der Waals surface area contributed by atoms with Crippen LogP contribution in [0.5, 0.6) is 0 Å². The van der Waals surface area contributed by atoms with Crippen molar-refractivity contribution in [3.05, 3.63) is 82.9 Å². The summed E-state index contributed by atoms with van der Waals surface area (Å²) in [6.45, 7) is 3.05. The second-order valence-electron chi connectivity index (χ2n) is 9.59. The molecule has 1 aliphatic rings. The number of nitrogens with zero attached hydrogens (tertiary/aromatic N) is 2. The van der Waals surface area contributed by atoms with Crippen molar-refractivity contribution in [2.24, 2.45) is 0 Å². The van der Waals surface area contributed by atoms with Gasteiger partial charge < -0.3 is 25.2 Å². The Kier molecular flexibility index (Phi) is 9.08. The Morgan fingerprint density at radius 2 is 1.57 bits per heavy atom. The summed E-state index contributed by atoms with van der Waals surface area (Å²) < 4.78 is 4.67. The van der Waals surface area contributed by atoms with Gasteiger partial charge in [0.05, 0.1) is 24.1 Å². The van der Waals surface area contributed by atoms with Crippen LogP contribution in [0.15, 0.2) is 66.7 Å². The Balaban J connectivity index is 1.69. The van der Waals surface area contributed by atoms with Crippen molar-refractivity contribution in [2.45, 2.75) is 13.3 Å². The van der Waals surface area contributed by atoms with Gasteiger partial charge in [-0.15, -0.1) is 0 Å². The molecule has 0 fully saturated rings. The van der Waals surface area contributed by atoms with E-state index in [4.69, 9.17) is 11.6 Å². The summed E-state index contributed by atoms with van der Waals surface area (Å²) >= 11 is 6.17. The normalized spacial score (nSPS) is 13.4. The molecule has 3 N–H and O–H groups in total. The quantitative estimate of drug-likeness (QED) is 0.287. The molecule has 1 heterocycles. The van der Waals surface area contributed by atoms with Gasteiger partial charge in [-0.2, -0.15) is 0 Å². The average Bonchev–Trinajstić information content (AvgIpc) is 3.24. The lowest BCUT2D eigenvalue weighted by Gasteiger charge is -2.23. The minimum absolute atomic E-state index is 0.0270. The Bertz CT molecular complexity index is 1440. The van der Waals surface area contributed by atoms with E-state index < -0.39 is 6.09 Å². The van der Waals surface area contributed by atoms with Crippen molar-refractivity contribution in [1.29, 1.82) is 0 Å². The number of hydrogen-bond donors (Lipinski definition) is 3. The van der Waals surface area contributed by atoms with E-state index in [2.05, 4.69) is 25.6 Å². The summed E-state index contributed by atoms with van der Waals surface area (Å²) in [7, 11) is 5.31. The van der Waals surface area contributed by atoms with Gasteiger partial charge in [-0.3, -0.25) is 14.9 Å². The maximum atomic E-state index is 13.2. The summed E-state index contributed by atoms with van der Waals surface area (Å²) in [6, 6.07) is 19.8. The highest BCUT2D eigenvalue weighted by molar-refractivity contribution is 6.38. The zero-order chi connectivity index (χ0) is 28.8. The van der Waals surface area contributed by atoms with Crippen molar-refractivity contribution in [3.63, 3.8) is 0 Å². The van der Waals surface area contributed by atoms with Crippen LogP contribution >= 0.6 is 11.6 Å². The third-order valence-electron chi connectivity index (χ3n) is 6.40. The maximum Gasteiger partial charge on any atom is 0.411 e. The monoisotopic (exact) mass is 561 g/mol. The van der Waals surface area contributed by atoms with Gasteiger partial charge in [0.1, 0.15) is 0 Å². The molecule has 208 valence electrons. The van der Waals surface area contributed by atoms with Crippen LogP contribution in [0.1, 0.15) is 24.5 Å². The van der Waals surface area contributed by atoms with E-state index in [1.165, 1.54) is 7.11 Å². The fraction of sp³-hybridized carbons (Fsp3) is 0.233. The topological polar surface area (TPSA) is 103 Å². The van der Waals surface area contributed by atoms with Crippen molar-refractivity contribution >= 4 is 63.5 Å². The van der Waals surface area contributed by atoms with E-state index in [0.717, 1.165) is 29.9 Å². The number of amides is 3. The van der Waals surface area contributed by atoms with Crippen LogP contribution in [-0.4, -0.2) is 57.1 Å². The van der Waals surface area contributed by atoms with Gasteiger partial charge in [0, 0.05) is 41.1 Å². The van der Waals surface area contributed by atoms with Crippen LogP contribution in [0, 0.1) is 0 Å². The van der Waals surface area contributed by atoms with Crippen molar-refractivity contribution in [2.75, 3.05) is 55.1 Å². The van der Waals surface area contributed by atoms with Gasteiger partial charge in [0.15, 0.2) is 0 Å². The molecule has 0 spiro atoms. The molecule has 1 aliphatic heterocycles. The first-order valence-electron chi connectivity index (χ1n) is 12.8. The van der Waals surface area contributed by atoms with Crippen molar-refractivity contribution in [3.8, 4) is 0 Å². The van der Waals surface area contributed by atoms with E-state index in [1.807, 2.05) is 38.4 Å². The van der Waals surface area contributed by atoms with Crippen LogP contribution in [0.3, 0.4) is 0 Å². The van der Waals surface area contributed by atoms with Crippen LogP contribution in [0.4, 0.5) is 27.5 Å². The summed E-state index contributed by atoms with van der Waals surface area (Å²) in [6.07, 6.45) is 0.272. The lowest BCUT2D eigenvalue weighted by molar-refractivity contribution is -0.116. The minimum Gasteiger partial charge on any atom is -0.453 e.